The first-order chi connectivity index (χ1) is 7.44. The van der Waals surface area contributed by atoms with Gasteiger partial charge >= 0.3 is 6.03 Å². The van der Waals surface area contributed by atoms with E-state index < -0.39 is 0 Å². The Bertz CT molecular complexity index is 232. The molecule has 3 N–H and O–H groups in total. The van der Waals surface area contributed by atoms with Crippen molar-refractivity contribution in [3.05, 3.63) is 0 Å². The number of likely N-dealkylation sites (tertiary alicyclic amines) is 1. The summed E-state index contributed by atoms with van der Waals surface area (Å²) in [5, 5.41) is 2.97. The number of hydrogen-bond donors (Lipinski definition) is 2. The predicted molar refractivity (Wildman–Crippen MR) is 66.2 cm³/mol. The van der Waals surface area contributed by atoms with Crippen LogP contribution >= 0.6 is 0 Å². The molecule has 1 rings (SSSR count). The molecule has 94 valence electrons. The Morgan fingerprint density at radius 1 is 1.44 bits per heavy atom. The van der Waals surface area contributed by atoms with E-state index in [-0.39, 0.29) is 11.4 Å². The fraction of sp³-hybridized carbons (Fsp3) is 0.917. The van der Waals surface area contributed by atoms with E-state index in [2.05, 4.69) is 26.1 Å². The van der Waals surface area contributed by atoms with Crippen LogP contribution in [0.25, 0.3) is 0 Å². The number of hydrogen-bond acceptors (Lipinski definition) is 2. The molecule has 4 nitrogen and oxygen atoms in total. The van der Waals surface area contributed by atoms with Gasteiger partial charge in [-0.25, -0.2) is 4.79 Å². The lowest BCUT2D eigenvalue weighted by atomic mass is 9.94. The Morgan fingerprint density at radius 2 is 2.00 bits per heavy atom. The number of nitrogens with one attached hydrogen (secondary N) is 1. The zero-order chi connectivity index (χ0) is 12.2. The van der Waals surface area contributed by atoms with Gasteiger partial charge < -0.3 is 16.0 Å². The number of urea groups is 1. The van der Waals surface area contributed by atoms with Gasteiger partial charge in [0.25, 0.3) is 0 Å². The van der Waals surface area contributed by atoms with Crippen molar-refractivity contribution in [2.75, 3.05) is 26.2 Å². The molecule has 1 saturated heterocycles. The first-order valence-corrected chi connectivity index (χ1v) is 6.17. The van der Waals surface area contributed by atoms with Crippen LogP contribution in [-0.2, 0) is 0 Å². The molecule has 1 fully saturated rings. The minimum absolute atomic E-state index is 0.0151. The van der Waals surface area contributed by atoms with Crippen molar-refractivity contribution in [2.45, 2.75) is 33.6 Å². The second kappa shape index (κ2) is 5.53. The van der Waals surface area contributed by atoms with Crippen LogP contribution in [0.5, 0.6) is 0 Å². The van der Waals surface area contributed by atoms with E-state index in [9.17, 15) is 4.79 Å². The Morgan fingerprint density at radius 3 is 2.50 bits per heavy atom. The highest BCUT2D eigenvalue weighted by molar-refractivity contribution is 5.74. The average molecular weight is 227 g/mol. The number of nitrogens with zero attached hydrogens (tertiary/aromatic N) is 1. The van der Waals surface area contributed by atoms with Crippen molar-refractivity contribution in [1.29, 1.82) is 0 Å². The lowest BCUT2D eigenvalue weighted by Gasteiger charge is -2.32. The van der Waals surface area contributed by atoms with E-state index in [1.54, 1.807) is 0 Å². The molecule has 0 aromatic rings. The summed E-state index contributed by atoms with van der Waals surface area (Å²) in [6.07, 6.45) is 2.24. The third-order valence-electron chi connectivity index (χ3n) is 3.34. The number of carbonyl (C=O) groups is 1. The largest absolute Gasteiger partial charge is 0.337 e. The molecule has 0 radical (unpaired) electrons. The molecule has 4 heteroatoms. The van der Waals surface area contributed by atoms with Crippen molar-refractivity contribution in [3.8, 4) is 0 Å². The average Bonchev–Trinajstić information content (AvgIpc) is 2.27. The van der Waals surface area contributed by atoms with Gasteiger partial charge in [-0.15, -0.1) is 0 Å². The molecular weight excluding hydrogens is 202 g/mol. The summed E-state index contributed by atoms with van der Waals surface area (Å²) in [5.41, 5.74) is 5.61. The molecular formula is C12H25N3O. The summed E-state index contributed by atoms with van der Waals surface area (Å²) in [6, 6.07) is 0.0634. The Kier molecular flexibility index (Phi) is 4.59. The molecule has 0 aromatic carbocycles. The highest BCUT2D eigenvalue weighted by Crippen LogP contribution is 2.16. The summed E-state index contributed by atoms with van der Waals surface area (Å²) in [5.74, 6) is 0.754. The molecule has 16 heavy (non-hydrogen) atoms. The van der Waals surface area contributed by atoms with Gasteiger partial charge in [0.05, 0.1) is 0 Å². The molecule has 0 aromatic heterocycles. The molecule has 1 heterocycles. The minimum Gasteiger partial charge on any atom is -0.337 e. The van der Waals surface area contributed by atoms with Gasteiger partial charge in [-0.2, -0.15) is 0 Å². The first kappa shape index (κ1) is 13.3. The van der Waals surface area contributed by atoms with Crippen LogP contribution in [0.15, 0.2) is 0 Å². The van der Waals surface area contributed by atoms with Gasteiger partial charge in [-0.05, 0) is 30.7 Å². The summed E-state index contributed by atoms with van der Waals surface area (Å²) in [6.45, 7) is 9.37. The Labute approximate surface area is 98.6 Å². The number of rotatable bonds is 3. The SMILES string of the molecule is CC1CCN(C(=O)NCC(C)(C)CN)CC1. The molecule has 0 unspecified atom stereocenters. The molecule has 0 atom stereocenters. The molecule has 1 aliphatic rings. The first-order valence-electron chi connectivity index (χ1n) is 6.17. The van der Waals surface area contributed by atoms with Gasteiger partial charge in [-0.3, -0.25) is 0 Å². The van der Waals surface area contributed by atoms with Crippen molar-refractivity contribution >= 4 is 6.03 Å². The fourth-order valence-electron chi connectivity index (χ4n) is 1.71. The second-order valence-electron chi connectivity index (χ2n) is 5.70. The molecule has 2 amide bonds. The van der Waals surface area contributed by atoms with Crippen LogP contribution in [0, 0.1) is 11.3 Å². The summed E-state index contributed by atoms with van der Waals surface area (Å²) < 4.78 is 0. The highest BCUT2D eigenvalue weighted by Gasteiger charge is 2.22. The van der Waals surface area contributed by atoms with Gasteiger partial charge in [0.2, 0.25) is 0 Å². The van der Waals surface area contributed by atoms with Crippen LogP contribution in [0.1, 0.15) is 33.6 Å². The molecule has 0 saturated carbocycles. The lowest BCUT2D eigenvalue weighted by Crippen LogP contribution is -2.47. The number of nitrogens with two attached hydrogens (primary N) is 1. The quantitative estimate of drug-likeness (QED) is 0.766. The van der Waals surface area contributed by atoms with E-state index in [0.29, 0.717) is 13.1 Å². The van der Waals surface area contributed by atoms with Gasteiger partial charge in [0.15, 0.2) is 0 Å². The third kappa shape index (κ3) is 4.00. The Balaban J connectivity index is 2.30. The summed E-state index contributed by atoms with van der Waals surface area (Å²) in [7, 11) is 0. The van der Waals surface area contributed by atoms with Crippen molar-refractivity contribution < 1.29 is 4.79 Å². The van der Waals surface area contributed by atoms with Crippen LogP contribution in [0.3, 0.4) is 0 Å². The smallest absolute Gasteiger partial charge is 0.317 e. The number of amides is 2. The van der Waals surface area contributed by atoms with Crippen molar-refractivity contribution in [2.24, 2.45) is 17.1 Å². The monoisotopic (exact) mass is 227 g/mol. The Hall–Kier alpha value is -0.770. The fourth-order valence-corrected chi connectivity index (χ4v) is 1.71. The molecule has 0 bridgehead atoms. The van der Waals surface area contributed by atoms with Gasteiger partial charge in [-0.1, -0.05) is 20.8 Å². The zero-order valence-electron chi connectivity index (χ0n) is 10.8. The van der Waals surface area contributed by atoms with Crippen molar-refractivity contribution in [1.82, 2.24) is 10.2 Å². The van der Waals surface area contributed by atoms with Gasteiger partial charge in [0, 0.05) is 19.6 Å². The maximum absolute atomic E-state index is 11.8. The third-order valence-corrected chi connectivity index (χ3v) is 3.34. The minimum atomic E-state index is -0.0151. The van der Waals surface area contributed by atoms with Crippen LogP contribution in [0.4, 0.5) is 4.79 Å². The van der Waals surface area contributed by atoms with E-state index in [0.717, 1.165) is 31.8 Å². The van der Waals surface area contributed by atoms with E-state index >= 15 is 0 Å². The summed E-state index contributed by atoms with van der Waals surface area (Å²) in [4.78, 5) is 13.8. The highest BCUT2D eigenvalue weighted by atomic mass is 16.2. The normalized spacial score (nSPS) is 18.6. The standard InChI is InChI=1S/C12H25N3O/c1-10-4-6-15(7-5-10)11(16)14-9-12(2,3)8-13/h10H,4-9,13H2,1-3H3,(H,14,16). The topological polar surface area (TPSA) is 58.4 Å². The molecule has 1 aliphatic heterocycles. The number of piperidine rings is 1. The van der Waals surface area contributed by atoms with Crippen molar-refractivity contribution in [3.63, 3.8) is 0 Å². The maximum Gasteiger partial charge on any atom is 0.317 e. The van der Waals surface area contributed by atoms with E-state index in [1.165, 1.54) is 0 Å². The second-order valence-corrected chi connectivity index (χ2v) is 5.70. The van der Waals surface area contributed by atoms with Gasteiger partial charge in [0.1, 0.15) is 0 Å². The predicted octanol–water partition coefficient (Wildman–Crippen LogP) is 1.41. The van der Waals surface area contributed by atoms with E-state index in [4.69, 9.17) is 5.73 Å². The number of carbonyl (C=O) groups excluding carboxylic acids is 1. The van der Waals surface area contributed by atoms with Crippen LogP contribution in [0.2, 0.25) is 0 Å². The van der Waals surface area contributed by atoms with Crippen LogP contribution in [-0.4, -0.2) is 37.1 Å². The van der Waals surface area contributed by atoms with Crippen LogP contribution < -0.4 is 11.1 Å². The molecule has 0 aliphatic carbocycles. The molecule has 0 spiro atoms. The lowest BCUT2D eigenvalue weighted by molar-refractivity contribution is 0.169. The van der Waals surface area contributed by atoms with E-state index in [1.807, 2.05) is 4.90 Å². The maximum atomic E-state index is 11.8. The zero-order valence-corrected chi connectivity index (χ0v) is 10.8. The summed E-state index contributed by atoms with van der Waals surface area (Å²) >= 11 is 0.